The summed E-state index contributed by atoms with van der Waals surface area (Å²) < 4.78 is 33.8. The average molecular weight is 390 g/mol. The summed E-state index contributed by atoms with van der Waals surface area (Å²) in [7, 11) is -1.47. The molecule has 0 spiro atoms. The minimum atomic E-state index is -3.06. The normalized spacial score (nSPS) is 19.7. The fourth-order valence-electron chi connectivity index (χ4n) is 3.05. The van der Waals surface area contributed by atoms with Gasteiger partial charge in [0.25, 0.3) is 5.91 Å². The highest BCUT2D eigenvalue weighted by atomic mass is 32.2. The van der Waals surface area contributed by atoms with Crippen molar-refractivity contribution < 1.29 is 22.7 Å². The van der Waals surface area contributed by atoms with Crippen molar-refractivity contribution >= 4 is 27.2 Å². The second-order valence-electron chi connectivity index (χ2n) is 6.45. The van der Waals surface area contributed by atoms with Crippen LogP contribution < -0.4 is 14.8 Å². The number of aromatic nitrogens is 2. The second kappa shape index (κ2) is 6.69. The van der Waals surface area contributed by atoms with Crippen LogP contribution in [-0.2, 0) is 9.84 Å². The van der Waals surface area contributed by atoms with Crippen LogP contribution >= 0.6 is 0 Å². The topological polar surface area (TPSA) is 111 Å². The van der Waals surface area contributed by atoms with Crippen LogP contribution in [0.15, 0.2) is 30.6 Å². The van der Waals surface area contributed by atoms with E-state index in [2.05, 4.69) is 15.3 Å². The van der Waals surface area contributed by atoms with E-state index in [1.807, 2.05) is 6.07 Å². The molecule has 2 aromatic rings. The van der Waals surface area contributed by atoms with Crippen LogP contribution in [0, 0.1) is 0 Å². The van der Waals surface area contributed by atoms with E-state index in [-0.39, 0.29) is 35.9 Å². The van der Waals surface area contributed by atoms with Gasteiger partial charge in [0.2, 0.25) is 6.79 Å². The number of sulfone groups is 1. The van der Waals surface area contributed by atoms with E-state index in [0.717, 1.165) is 5.69 Å². The number of fused-ring (bicyclic) bond motifs is 1. The quantitative estimate of drug-likeness (QED) is 0.829. The molecule has 1 aromatic carbocycles. The molecule has 142 valence electrons. The van der Waals surface area contributed by atoms with Gasteiger partial charge in [0, 0.05) is 24.8 Å². The number of nitrogens with one attached hydrogen (secondary N) is 1. The number of carbonyl (C=O) groups excluding carboxylic acids is 1. The number of benzene rings is 1. The van der Waals surface area contributed by atoms with Gasteiger partial charge in [-0.15, -0.1) is 0 Å². The lowest BCUT2D eigenvalue weighted by atomic mass is 10.2. The summed E-state index contributed by atoms with van der Waals surface area (Å²) >= 11 is 0. The molecule has 2 aliphatic heterocycles. The van der Waals surface area contributed by atoms with Gasteiger partial charge in [0.1, 0.15) is 11.5 Å². The maximum Gasteiger partial charge on any atom is 0.274 e. The highest BCUT2D eigenvalue weighted by molar-refractivity contribution is 7.91. The molecule has 1 fully saturated rings. The van der Waals surface area contributed by atoms with E-state index in [9.17, 15) is 13.2 Å². The molecular formula is C17H18N4O5S. The van der Waals surface area contributed by atoms with Gasteiger partial charge in [-0.25, -0.2) is 18.4 Å². The fourth-order valence-corrected chi connectivity index (χ4v) is 4.83. The Bertz CT molecular complexity index is 977. The van der Waals surface area contributed by atoms with Gasteiger partial charge >= 0.3 is 0 Å². The van der Waals surface area contributed by atoms with Crippen LogP contribution in [0.4, 0.5) is 11.5 Å². The molecular weight excluding hydrogens is 372 g/mol. The molecule has 2 aliphatic rings. The van der Waals surface area contributed by atoms with Gasteiger partial charge in [0.05, 0.1) is 23.9 Å². The molecule has 1 atom stereocenters. The molecule has 3 heterocycles. The summed E-state index contributed by atoms with van der Waals surface area (Å²) in [6.07, 6.45) is 3.27. The molecule has 0 aliphatic carbocycles. The lowest BCUT2D eigenvalue weighted by molar-refractivity contribution is 0.0741. The van der Waals surface area contributed by atoms with Gasteiger partial charge in [-0.05, 0) is 18.6 Å². The van der Waals surface area contributed by atoms with E-state index in [1.165, 1.54) is 17.3 Å². The summed E-state index contributed by atoms with van der Waals surface area (Å²) in [6.45, 7) is 0.200. The average Bonchev–Trinajstić information content (AvgIpc) is 3.26. The Morgan fingerprint density at radius 3 is 2.74 bits per heavy atom. The van der Waals surface area contributed by atoms with Crippen molar-refractivity contribution in [2.75, 3.05) is 30.7 Å². The predicted molar refractivity (Wildman–Crippen MR) is 97.0 cm³/mol. The smallest absolute Gasteiger partial charge is 0.274 e. The van der Waals surface area contributed by atoms with Crippen molar-refractivity contribution in [3.63, 3.8) is 0 Å². The number of amides is 1. The second-order valence-corrected chi connectivity index (χ2v) is 8.68. The van der Waals surface area contributed by atoms with Gasteiger partial charge in [-0.2, -0.15) is 0 Å². The van der Waals surface area contributed by atoms with Crippen molar-refractivity contribution in [3.05, 3.63) is 36.3 Å². The lowest BCUT2D eigenvalue weighted by Crippen LogP contribution is -2.38. The summed E-state index contributed by atoms with van der Waals surface area (Å²) in [5.41, 5.74) is 0.916. The summed E-state index contributed by atoms with van der Waals surface area (Å²) in [6, 6.07) is 5.08. The first-order valence-electron chi connectivity index (χ1n) is 8.37. The third kappa shape index (κ3) is 3.65. The van der Waals surface area contributed by atoms with Crippen molar-refractivity contribution in [1.29, 1.82) is 0 Å². The molecule has 1 N–H and O–H groups in total. The minimum Gasteiger partial charge on any atom is -0.454 e. The van der Waals surface area contributed by atoms with Crippen LogP contribution in [0.1, 0.15) is 16.9 Å². The molecule has 1 saturated heterocycles. The first kappa shape index (κ1) is 17.5. The van der Waals surface area contributed by atoms with Crippen LogP contribution in [0.5, 0.6) is 11.5 Å². The third-order valence-corrected chi connectivity index (χ3v) is 6.34. The van der Waals surface area contributed by atoms with Crippen molar-refractivity contribution in [2.24, 2.45) is 0 Å². The molecule has 1 aromatic heterocycles. The van der Waals surface area contributed by atoms with Crippen LogP contribution in [-0.4, -0.2) is 60.6 Å². The molecule has 1 amide bonds. The van der Waals surface area contributed by atoms with E-state index in [0.29, 0.717) is 23.7 Å². The Kier molecular flexibility index (Phi) is 4.34. The standard InChI is InChI=1S/C17H18N4O5S/c1-21(12-4-5-27(23,24)9-12)17(22)13-7-19-16(8-18-13)20-11-2-3-14-15(6-11)26-10-25-14/h2-3,6-8,12H,4-5,9-10H2,1H3,(H,19,20). The summed E-state index contributed by atoms with van der Waals surface area (Å²) in [5.74, 6) is 1.55. The summed E-state index contributed by atoms with van der Waals surface area (Å²) in [5, 5.41) is 3.08. The minimum absolute atomic E-state index is 0.00752. The van der Waals surface area contributed by atoms with Crippen molar-refractivity contribution in [3.8, 4) is 11.5 Å². The van der Waals surface area contributed by atoms with E-state index in [4.69, 9.17) is 9.47 Å². The monoisotopic (exact) mass is 390 g/mol. The maximum absolute atomic E-state index is 12.5. The molecule has 27 heavy (non-hydrogen) atoms. The van der Waals surface area contributed by atoms with Crippen LogP contribution in [0.2, 0.25) is 0 Å². The molecule has 1 unspecified atom stereocenters. The number of rotatable bonds is 4. The Morgan fingerprint density at radius 2 is 2.04 bits per heavy atom. The van der Waals surface area contributed by atoms with Gasteiger partial charge in [-0.3, -0.25) is 4.79 Å². The Morgan fingerprint density at radius 1 is 1.22 bits per heavy atom. The maximum atomic E-state index is 12.5. The van der Waals surface area contributed by atoms with E-state index in [1.54, 1.807) is 19.2 Å². The number of anilines is 2. The number of carbonyl (C=O) groups is 1. The molecule has 10 heteroatoms. The van der Waals surface area contributed by atoms with Gasteiger partial charge in [0.15, 0.2) is 21.3 Å². The number of nitrogens with zero attached hydrogens (tertiary/aromatic N) is 3. The third-order valence-electron chi connectivity index (χ3n) is 4.59. The molecule has 0 saturated carbocycles. The van der Waals surface area contributed by atoms with Crippen molar-refractivity contribution in [1.82, 2.24) is 14.9 Å². The fraction of sp³-hybridized carbons (Fsp3) is 0.353. The highest BCUT2D eigenvalue weighted by Gasteiger charge is 2.33. The first-order valence-corrected chi connectivity index (χ1v) is 10.2. The highest BCUT2D eigenvalue weighted by Crippen LogP contribution is 2.34. The zero-order valence-corrected chi connectivity index (χ0v) is 15.4. The van der Waals surface area contributed by atoms with Crippen LogP contribution in [0.25, 0.3) is 0 Å². The number of hydrogen-bond donors (Lipinski definition) is 1. The van der Waals surface area contributed by atoms with Crippen LogP contribution in [0.3, 0.4) is 0 Å². The summed E-state index contributed by atoms with van der Waals surface area (Å²) in [4.78, 5) is 22.3. The van der Waals surface area contributed by atoms with E-state index >= 15 is 0 Å². The molecule has 0 bridgehead atoms. The molecule has 9 nitrogen and oxygen atoms in total. The molecule has 4 rings (SSSR count). The van der Waals surface area contributed by atoms with E-state index < -0.39 is 9.84 Å². The van der Waals surface area contributed by atoms with Crippen molar-refractivity contribution in [2.45, 2.75) is 12.5 Å². The predicted octanol–water partition coefficient (Wildman–Crippen LogP) is 1.21. The molecule has 0 radical (unpaired) electrons. The zero-order valence-electron chi connectivity index (χ0n) is 14.6. The Hall–Kier alpha value is -2.88. The zero-order chi connectivity index (χ0) is 19.0. The lowest BCUT2D eigenvalue weighted by Gasteiger charge is -2.22. The Balaban J connectivity index is 1.43. The van der Waals surface area contributed by atoms with Gasteiger partial charge < -0.3 is 19.7 Å². The number of hydrogen-bond acceptors (Lipinski definition) is 8. The largest absolute Gasteiger partial charge is 0.454 e. The number of ether oxygens (including phenoxy) is 2. The SMILES string of the molecule is CN(C(=O)c1cnc(Nc2ccc3c(c2)OCO3)cn1)C1CCS(=O)(=O)C1. The first-order chi connectivity index (χ1) is 12.9. The Labute approximate surface area is 156 Å². The van der Waals surface area contributed by atoms with Gasteiger partial charge in [-0.1, -0.05) is 0 Å².